The summed E-state index contributed by atoms with van der Waals surface area (Å²) < 4.78 is 1.29. The molecular formula is C29H23I. The summed E-state index contributed by atoms with van der Waals surface area (Å²) in [7, 11) is 0. The monoisotopic (exact) mass is 498 g/mol. The van der Waals surface area contributed by atoms with Gasteiger partial charge in [-0.1, -0.05) is 86.7 Å². The fourth-order valence-electron chi connectivity index (χ4n) is 5.52. The molecule has 6 rings (SSSR count). The predicted octanol–water partition coefficient (Wildman–Crippen LogP) is 8.39. The minimum absolute atomic E-state index is 0.0208. The average Bonchev–Trinajstić information content (AvgIpc) is 3.00. The molecule has 0 saturated heterocycles. The predicted molar refractivity (Wildman–Crippen MR) is 137 cm³/mol. The van der Waals surface area contributed by atoms with Crippen LogP contribution < -0.4 is 0 Å². The molecule has 0 aromatic heterocycles. The summed E-state index contributed by atoms with van der Waals surface area (Å²) in [6, 6.07) is 27.1. The summed E-state index contributed by atoms with van der Waals surface area (Å²) in [6.07, 6.45) is 6.11. The molecule has 1 unspecified atom stereocenters. The lowest BCUT2D eigenvalue weighted by Crippen LogP contribution is -2.17. The van der Waals surface area contributed by atoms with Crippen LogP contribution in [-0.2, 0) is 5.41 Å². The third-order valence-corrected chi connectivity index (χ3v) is 7.68. The van der Waals surface area contributed by atoms with Crippen molar-refractivity contribution in [2.75, 3.05) is 0 Å². The summed E-state index contributed by atoms with van der Waals surface area (Å²) in [5.74, 6) is 0.436. The molecule has 146 valence electrons. The van der Waals surface area contributed by atoms with Gasteiger partial charge in [0.1, 0.15) is 0 Å². The van der Waals surface area contributed by atoms with E-state index in [1.54, 1.807) is 0 Å². The maximum absolute atomic E-state index is 2.55. The Morgan fingerprint density at radius 3 is 2.53 bits per heavy atom. The molecule has 0 aliphatic heterocycles. The number of benzene rings is 4. The van der Waals surface area contributed by atoms with Gasteiger partial charge in [-0.3, -0.25) is 0 Å². The van der Waals surface area contributed by atoms with Gasteiger partial charge in [0.15, 0.2) is 0 Å². The Bertz CT molecular complexity index is 1400. The average molecular weight is 498 g/mol. The second kappa shape index (κ2) is 6.55. The second-order valence-electron chi connectivity index (χ2n) is 9.13. The van der Waals surface area contributed by atoms with Crippen molar-refractivity contribution in [1.82, 2.24) is 0 Å². The van der Waals surface area contributed by atoms with Crippen molar-refractivity contribution in [3.05, 3.63) is 111 Å². The van der Waals surface area contributed by atoms with Crippen molar-refractivity contribution in [1.29, 1.82) is 0 Å². The van der Waals surface area contributed by atoms with Crippen LogP contribution in [0, 0.1) is 3.57 Å². The Morgan fingerprint density at radius 1 is 0.833 bits per heavy atom. The molecule has 0 heterocycles. The zero-order valence-corrected chi connectivity index (χ0v) is 19.4. The molecule has 0 saturated carbocycles. The molecule has 4 aromatic carbocycles. The Balaban J connectivity index is 1.49. The van der Waals surface area contributed by atoms with Crippen LogP contribution in [0.3, 0.4) is 0 Å². The van der Waals surface area contributed by atoms with E-state index >= 15 is 0 Å². The van der Waals surface area contributed by atoms with Crippen LogP contribution in [0.5, 0.6) is 0 Å². The first-order chi connectivity index (χ1) is 14.5. The molecule has 0 spiro atoms. The topological polar surface area (TPSA) is 0 Å². The van der Waals surface area contributed by atoms with E-state index < -0.39 is 0 Å². The van der Waals surface area contributed by atoms with Crippen LogP contribution >= 0.6 is 22.6 Å². The number of halogens is 1. The summed E-state index contributed by atoms with van der Waals surface area (Å²) in [5.41, 5.74) is 7.31. The first-order valence-corrected chi connectivity index (χ1v) is 11.7. The fraction of sp³-hybridized carbons (Fsp3) is 0.172. The SMILES string of the molecule is CC1(C)C2=CC(c3ccc4ccc(I)cc4c3)CC=C2c2ccc3ccccc3c21. The van der Waals surface area contributed by atoms with Gasteiger partial charge in [-0.05, 0) is 90.5 Å². The third-order valence-electron chi connectivity index (χ3n) is 7.01. The van der Waals surface area contributed by atoms with Gasteiger partial charge in [0.05, 0.1) is 0 Å². The van der Waals surface area contributed by atoms with E-state index in [1.807, 2.05) is 0 Å². The molecule has 0 bridgehead atoms. The van der Waals surface area contributed by atoms with E-state index in [-0.39, 0.29) is 5.41 Å². The van der Waals surface area contributed by atoms with Gasteiger partial charge >= 0.3 is 0 Å². The van der Waals surface area contributed by atoms with Crippen molar-refractivity contribution >= 4 is 49.7 Å². The molecule has 1 atom stereocenters. The lowest BCUT2D eigenvalue weighted by Gasteiger charge is -2.27. The van der Waals surface area contributed by atoms with Gasteiger partial charge in [0.2, 0.25) is 0 Å². The summed E-state index contributed by atoms with van der Waals surface area (Å²) >= 11 is 2.40. The number of hydrogen-bond donors (Lipinski definition) is 0. The maximum Gasteiger partial charge on any atom is 0.0161 e. The van der Waals surface area contributed by atoms with E-state index in [0.717, 1.165) is 6.42 Å². The molecular weight excluding hydrogens is 475 g/mol. The minimum atomic E-state index is 0.0208. The summed E-state index contributed by atoms with van der Waals surface area (Å²) in [4.78, 5) is 0. The number of fused-ring (bicyclic) bond motifs is 6. The Kier molecular flexibility index (Phi) is 4.02. The Labute approximate surface area is 191 Å². The number of allylic oxidation sites excluding steroid dienone is 4. The van der Waals surface area contributed by atoms with Crippen LogP contribution in [-0.4, -0.2) is 0 Å². The zero-order valence-electron chi connectivity index (χ0n) is 17.2. The molecule has 2 aliphatic carbocycles. The fourth-order valence-corrected chi connectivity index (χ4v) is 6.03. The summed E-state index contributed by atoms with van der Waals surface area (Å²) in [5, 5.41) is 5.39. The molecule has 2 aliphatic rings. The van der Waals surface area contributed by atoms with Crippen molar-refractivity contribution in [2.24, 2.45) is 0 Å². The first-order valence-electron chi connectivity index (χ1n) is 10.7. The highest BCUT2D eigenvalue weighted by atomic mass is 127. The highest BCUT2D eigenvalue weighted by Gasteiger charge is 2.40. The molecule has 0 N–H and O–H groups in total. The van der Waals surface area contributed by atoms with Gasteiger partial charge in [-0.15, -0.1) is 0 Å². The normalized spacial score (nSPS) is 19.4. The van der Waals surface area contributed by atoms with E-state index in [1.165, 1.54) is 53.0 Å². The van der Waals surface area contributed by atoms with Gasteiger partial charge in [-0.25, -0.2) is 0 Å². The maximum atomic E-state index is 2.55. The van der Waals surface area contributed by atoms with Gasteiger partial charge in [-0.2, -0.15) is 0 Å². The lowest BCUT2D eigenvalue weighted by molar-refractivity contribution is 0.653. The quantitative estimate of drug-likeness (QED) is 0.231. The van der Waals surface area contributed by atoms with E-state index in [4.69, 9.17) is 0 Å². The van der Waals surface area contributed by atoms with Gasteiger partial charge in [0.25, 0.3) is 0 Å². The molecule has 4 aromatic rings. The standard InChI is InChI=1S/C29H23I/c1-29(2)27-17-21(20-8-7-18-9-12-23(30)16-22(18)15-20)11-13-25(27)26-14-10-19-5-3-4-6-24(19)28(26)29/h3-10,12-17,21H,11H2,1-2H3. The number of rotatable bonds is 1. The highest BCUT2D eigenvalue weighted by Crippen LogP contribution is 2.54. The van der Waals surface area contributed by atoms with E-state index in [2.05, 4.69) is 121 Å². The van der Waals surface area contributed by atoms with Crippen molar-refractivity contribution in [3.63, 3.8) is 0 Å². The van der Waals surface area contributed by atoms with Gasteiger partial charge < -0.3 is 0 Å². The zero-order chi connectivity index (χ0) is 20.5. The molecule has 0 nitrogen and oxygen atoms in total. The summed E-state index contributed by atoms with van der Waals surface area (Å²) in [6.45, 7) is 4.80. The van der Waals surface area contributed by atoms with E-state index in [9.17, 15) is 0 Å². The first kappa shape index (κ1) is 18.4. The molecule has 0 fully saturated rings. The third kappa shape index (κ3) is 2.64. The second-order valence-corrected chi connectivity index (χ2v) is 10.4. The molecule has 0 amide bonds. The Morgan fingerprint density at radius 2 is 1.63 bits per heavy atom. The lowest BCUT2D eigenvalue weighted by atomic mass is 9.76. The smallest absolute Gasteiger partial charge is 0.0161 e. The van der Waals surface area contributed by atoms with Crippen molar-refractivity contribution in [2.45, 2.75) is 31.6 Å². The highest BCUT2D eigenvalue weighted by molar-refractivity contribution is 14.1. The minimum Gasteiger partial charge on any atom is -0.0754 e. The van der Waals surface area contributed by atoms with E-state index in [0.29, 0.717) is 5.92 Å². The van der Waals surface area contributed by atoms with Gasteiger partial charge in [0, 0.05) is 14.9 Å². The molecule has 1 heteroatoms. The molecule has 0 radical (unpaired) electrons. The number of hydrogen-bond acceptors (Lipinski definition) is 0. The van der Waals surface area contributed by atoms with Crippen LogP contribution in [0.2, 0.25) is 0 Å². The van der Waals surface area contributed by atoms with Crippen molar-refractivity contribution in [3.8, 4) is 0 Å². The van der Waals surface area contributed by atoms with Crippen LogP contribution in [0.4, 0.5) is 0 Å². The van der Waals surface area contributed by atoms with Crippen LogP contribution in [0.15, 0.2) is 90.5 Å². The van der Waals surface area contributed by atoms with Crippen LogP contribution in [0.25, 0.3) is 27.1 Å². The largest absolute Gasteiger partial charge is 0.0754 e. The van der Waals surface area contributed by atoms with Crippen molar-refractivity contribution < 1.29 is 0 Å². The molecule has 30 heavy (non-hydrogen) atoms. The van der Waals surface area contributed by atoms with Crippen LogP contribution in [0.1, 0.15) is 42.9 Å². The Hall–Kier alpha value is -2.39.